The van der Waals surface area contributed by atoms with E-state index in [1.807, 2.05) is 31.2 Å². The van der Waals surface area contributed by atoms with Crippen molar-refractivity contribution in [2.75, 3.05) is 7.05 Å². The lowest BCUT2D eigenvalue weighted by Crippen LogP contribution is -2.55. The molecule has 1 unspecified atom stereocenters. The molecular weight excluding hydrogens is 429 g/mol. The van der Waals surface area contributed by atoms with E-state index in [-0.39, 0.29) is 5.56 Å². The van der Waals surface area contributed by atoms with Gasteiger partial charge in [0.25, 0.3) is 5.91 Å². The summed E-state index contributed by atoms with van der Waals surface area (Å²) in [6.45, 7) is 3.56. The van der Waals surface area contributed by atoms with Crippen LogP contribution in [0.5, 0.6) is 0 Å². The summed E-state index contributed by atoms with van der Waals surface area (Å²) in [4.78, 5) is 49.5. The van der Waals surface area contributed by atoms with E-state index >= 15 is 0 Å². The van der Waals surface area contributed by atoms with Gasteiger partial charge >= 0.3 is 12.0 Å². The van der Waals surface area contributed by atoms with Gasteiger partial charge in [-0.1, -0.05) is 30.3 Å². The van der Waals surface area contributed by atoms with E-state index in [1.165, 1.54) is 19.3 Å². The fraction of sp³-hybridized carbons (Fsp3) is 0.250. The van der Waals surface area contributed by atoms with Crippen molar-refractivity contribution in [2.45, 2.75) is 32.4 Å². The molecule has 0 saturated heterocycles. The van der Waals surface area contributed by atoms with E-state index in [0.717, 1.165) is 22.1 Å². The number of urea groups is 1. The van der Waals surface area contributed by atoms with Gasteiger partial charge in [0.2, 0.25) is 0 Å². The summed E-state index contributed by atoms with van der Waals surface area (Å²) in [5.41, 5.74) is 2.99. The number of carboxylic acids is 1. The maximum Gasteiger partial charge on any atom is 0.316 e. The van der Waals surface area contributed by atoms with Gasteiger partial charge in [-0.3, -0.25) is 14.4 Å². The summed E-state index contributed by atoms with van der Waals surface area (Å²) in [5.74, 6) is -3.19. The van der Waals surface area contributed by atoms with Crippen molar-refractivity contribution < 1.29 is 28.7 Å². The number of amides is 3. The van der Waals surface area contributed by atoms with Crippen molar-refractivity contribution in [1.29, 1.82) is 0 Å². The lowest BCUT2D eigenvalue weighted by Gasteiger charge is -2.26. The number of rotatable bonds is 6. The molecule has 9 heteroatoms. The first-order chi connectivity index (χ1) is 15.6. The summed E-state index contributed by atoms with van der Waals surface area (Å²) in [5, 5.41) is 14.1. The van der Waals surface area contributed by atoms with Gasteiger partial charge in [-0.2, -0.15) is 0 Å². The molecule has 3 N–H and O–H groups in total. The van der Waals surface area contributed by atoms with Crippen LogP contribution in [-0.2, 0) is 14.4 Å². The number of carboxylic acid groups (broad SMARTS) is 1. The van der Waals surface area contributed by atoms with E-state index in [0.29, 0.717) is 11.1 Å². The summed E-state index contributed by atoms with van der Waals surface area (Å²) < 4.78 is 14.9. The average Bonchev–Trinajstić information content (AvgIpc) is 2.74. The molecule has 0 aliphatic carbocycles. The molecule has 1 heterocycles. The first-order valence-corrected chi connectivity index (χ1v) is 10.2. The molecule has 33 heavy (non-hydrogen) atoms. The van der Waals surface area contributed by atoms with E-state index in [4.69, 9.17) is 0 Å². The molecule has 3 rings (SSSR count). The number of aryl methyl sites for hydroxylation is 1. The van der Waals surface area contributed by atoms with Crippen molar-refractivity contribution in [1.82, 2.24) is 15.5 Å². The number of hydrogen-bond donors (Lipinski definition) is 3. The number of halogens is 1. The summed E-state index contributed by atoms with van der Waals surface area (Å²) in [6.07, 6.45) is 1.83. The maximum atomic E-state index is 14.9. The highest BCUT2D eigenvalue weighted by Gasteiger charge is 2.33. The first-order valence-electron chi connectivity index (χ1n) is 10.2. The number of carbonyl (C=O) groups is 4. The maximum absolute atomic E-state index is 14.9. The van der Waals surface area contributed by atoms with E-state index in [9.17, 15) is 28.7 Å². The first kappa shape index (κ1) is 23.6. The molecule has 1 aliphatic rings. The molecule has 172 valence electrons. The number of likely N-dealkylation sites (N-methyl/N-ethyl adjacent to an activating group) is 1. The van der Waals surface area contributed by atoms with Crippen LogP contribution >= 0.6 is 0 Å². The van der Waals surface area contributed by atoms with Gasteiger partial charge in [-0.15, -0.1) is 0 Å². The quantitative estimate of drug-likeness (QED) is 0.582. The Morgan fingerprint density at radius 2 is 1.82 bits per heavy atom. The Morgan fingerprint density at radius 1 is 1.12 bits per heavy atom. The molecule has 2 aromatic rings. The number of benzene rings is 2. The molecule has 2 atom stereocenters. The molecule has 1 aliphatic heterocycles. The second kappa shape index (κ2) is 9.64. The van der Waals surface area contributed by atoms with Crippen molar-refractivity contribution in [3.63, 3.8) is 0 Å². The molecular formula is C24H24FN3O5. The summed E-state index contributed by atoms with van der Waals surface area (Å²) in [6, 6.07) is 6.67. The molecule has 8 nitrogen and oxygen atoms in total. The van der Waals surface area contributed by atoms with Crippen LogP contribution in [0.4, 0.5) is 9.18 Å². The Bertz CT molecular complexity index is 1160. The summed E-state index contributed by atoms with van der Waals surface area (Å²) >= 11 is 0. The fourth-order valence-electron chi connectivity index (χ4n) is 3.83. The third kappa shape index (κ3) is 5.08. The number of carbonyl (C=O) groups excluding carboxylic acids is 3. The van der Waals surface area contributed by atoms with Crippen LogP contribution in [0, 0.1) is 19.7 Å². The minimum absolute atomic E-state index is 0.0200. The normalized spacial score (nSPS) is 16.5. The largest absolute Gasteiger partial charge is 0.481 e. The number of hydrogen-bond acceptors (Lipinski definition) is 4. The van der Waals surface area contributed by atoms with E-state index in [1.54, 1.807) is 13.0 Å². The SMILES string of the molecule is Cc1ccccc1-c1ccc(F)c([C@H](CC(=O)O)NC(=O)NC2C(=O)C=CN(C)C2=O)c1C. The third-order valence-electron chi connectivity index (χ3n) is 5.55. The smallest absolute Gasteiger partial charge is 0.316 e. The Labute approximate surface area is 190 Å². The molecule has 0 bridgehead atoms. The number of nitrogens with one attached hydrogen (secondary N) is 2. The van der Waals surface area contributed by atoms with Gasteiger partial charge in [-0.25, -0.2) is 9.18 Å². The predicted octanol–water partition coefficient (Wildman–Crippen LogP) is 2.85. The Balaban J connectivity index is 1.94. The number of ketones is 1. The van der Waals surface area contributed by atoms with Gasteiger partial charge in [0.1, 0.15) is 5.82 Å². The third-order valence-corrected chi connectivity index (χ3v) is 5.55. The van der Waals surface area contributed by atoms with Gasteiger partial charge in [0.05, 0.1) is 12.5 Å². The zero-order valence-electron chi connectivity index (χ0n) is 18.4. The topological polar surface area (TPSA) is 116 Å². The highest BCUT2D eigenvalue weighted by Crippen LogP contribution is 2.33. The van der Waals surface area contributed by atoms with Crippen molar-refractivity contribution >= 4 is 23.7 Å². The van der Waals surface area contributed by atoms with Gasteiger partial charge in [0, 0.05) is 24.9 Å². The molecule has 0 saturated carbocycles. The second-order valence-electron chi connectivity index (χ2n) is 7.82. The van der Waals surface area contributed by atoms with Crippen molar-refractivity contribution in [3.8, 4) is 11.1 Å². The van der Waals surface area contributed by atoms with E-state index < -0.39 is 48.0 Å². The lowest BCUT2D eigenvalue weighted by molar-refractivity contribution is -0.138. The van der Waals surface area contributed by atoms with E-state index in [2.05, 4.69) is 10.6 Å². The molecule has 0 spiro atoms. The highest BCUT2D eigenvalue weighted by molar-refractivity contribution is 6.14. The molecule has 0 radical (unpaired) electrons. The van der Waals surface area contributed by atoms with Gasteiger partial charge in [-0.05, 0) is 42.2 Å². The van der Waals surface area contributed by atoms with Gasteiger partial charge in [0.15, 0.2) is 11.8 Å². The van der Waals surface area contributed by atoms with Crippen LogP contribution < -0.4 is 10.6 Å². The standard InChI is InChI=1S/C24H24FN3O5/c1-13-6-4-5-7-15(13)16-8-9-17(25)21(14(16)2)18(12-20(30)31)26-24(33)27-22-19(29)10-11-28(3)23(22)32/h4-11,18,22H,12H2,1-3H3,(H,30,31)(H2,26,27,33)/t18-,22?/m0/s1. The van der Waals surface area contributed by atoms with Crippen LogP contribution in [-0.4, -0.2) is 46.8 Å². The minimum Gasteiger partial charge on any atom is -0.481 e. The average molecular weight is 453 g/mol. The highest BCUT2D eigenvalue weighted by atomic mass is 19.1. The number of nitrogens with zero attached hydrogens (tertiary/aromatic N) is 1. The zero-order valence-corrected chi connectivity index (χ0v) is 18.4. The van der Waals surface area contributed by atoms with Crippen LogP contribution in [0.2, 0.25) is 0 Å². The minimum atomic E-state index is -1.45. The van der Waals surface area contributed by atoms with Crippen LogP contribution in [0.3, 0.4) is 0 Å². The summed E-state index contributed by atoms with van der Waals surface area (Å²) in [7, 11) is 1.43. The molecule has 0 aromatic heterocycles. The fourth-order valence-corrected chi connectivity index (χ4v) is 3.83. The molecule has 0 fully saturated rings. The second-order valence-corrected chi connectivity index (χ2v) is 7.82. The molecule has 2 aromatic carbocycles. The van der Waals surface area contributed by atoms with Crippen LogP contribution in [0.15, 0.2) is 48.7 Å². The zero-order chi connectivity index (χ0) is 24.3. The van der Waals surface area contributed by atoms with Crippen molar-refractivity contribution in [2.24, 2.45) is 0 Å². The monoisotopic (exact) mass is 453 g/mol. The molecule has 3 amide bonds. The van der Waals surface area contributed by atoms with Gasteiger partial charge < -0.3 is 20.6 Å². The Hall–Kier alpha value is -4.01. The lowest BCUT2D eigenvalue weighted by atomic mass is 9.89. The Morgan fingerprint density at radius 3 is 2.48 bits per heavy atom. The van der Waals surface area contributed by atoms with Crippen molar-refractivity contribution in [3.05, 3.63) is 71.2 Å². The predicted molar refractivity (Wildman–Crippen MR) is 119 cm³/mol. The van der Waals surface area contributed by atoms with Crippen LogP contribution in [0.25, 0.3) is 11.1 Å². The van der Waals surface area contributed by atoms with Crippen LogP contribution in [0.1, 0.15) is 29.2 Å². The Kier molecular flexibility index (Phi) is 6.91. The number of aliphatic carboxylic acids is 1.